The number of amides is 1. The third kappa shape index (κ3) is 3.68. The van der Waals surface area contributed by atoms with Crippen LogP contribution in [0.2, 0.25) is 0 Å². The van der Waals surface area contributed by atoms with Crippen LogP contribution in [0.4, 0.5) is 0 Å². The molecule has 0 bridgehead atoms. The molecular weight excluding hydrogens is 300 g/mol. The maximum atomic E-state index is 11.6. The summed E-state index contributed by atoms with van der Waals surface area (Å²) in [5.41, 5.74) is -0.0542. The molecule has 1 aromatic heterocycles. The molecule has 0 radical (unpaired) electrons. The normalized spacial score (nSPS) is 24.2. The van der Waals surface area contributed by atoms with Crippen LogP contribution in [0.1, 0.15) is 17.7 Å². The van der Waals surface area contributed by atoms with E-state index in [2.05, 4.69) is 22.4 Å². The Kier molecular flexibility index (Phi) is 4.82. The molecule has 1 unspecified atom stereocenters. The van der Waals surface area contributed by atoms with Gasteiger partial charge in [-0.15, -0.1) is 11.3 Å². The fourth-order valence-electron chi connectivity index (χ4n) is 3.17. The maximum Gasteiger partial charge on any atom is 0.248 e. The van der Waals surface area contributed by atoms with Crippen LogP contribution in [0.15, 0.2) is 17.5 Å². The highest BCUT2D eigenvalue weighted by molar-refractivity contribution is 7.09. The van der Waals surface area contributed by atoms with Crippen molar-refractivity contribution in [3.05, 3.63) is 22.4 Å². The molecule has 5 nitrogen and oxygen atoms in total. The monoisotopic (exact) mass is 324 g/mol. The number of hydrogen-bond donors (Lipinski definition) is 0. The van der Waals surface area contributed by atoms with Crippen molar-refractivity contribution >= 4 is 17.2 Å². The fraction of sp³-hybridized carbons (Fsp3) is 0.688. The Morgan fingerprint density at radius 1 is 1.55 bits per heavy atom. The molecule has 6 heteroatoms. The second-order valence-corrected chi connectivity index (χ2v) is 7.50. The number of rotatable bonds is 5. The van der Waals surface area contributed by atoms with E-state index in [1.807, 2.05) is 0 Å². The summed E-state index contributed by atoms with van der Waals surface area (Å²) in [5.74, 6) is 0.0217. The van der Waals surface area contributed by atoms with Gasteiger partial charge in [-0.1, -0.05) is 6.07 Å². The first-order valence-corrected chi connectivity index (χ1v) is 8.65. The van der Waals surface area contributed by atoms with Crippen molar-refractivity contribution in [1.82, 2.24) is 9.80 Å². The molecule has 1 atom stereocenters. The average Bonchev–Trinajstić information content (AvgIpc) is 2.96. The van der Waals surface area contributed by atoms with E-state index in [4.69, 9.17) is 9.47 Å². The summed E-state index contributed by atoms with van der Waals surface area (Å²) < 4.78 is 11.8. The van der Waals surface area contributed by atoms with Crippen molar-refractivity contribution in [2.75, 3.05) is 40.4 Å². The molecule has 0 aliphatic carbocycles. The Balaban J connectivity index is 1.44. The van der Waals surface area contributed by atoms with Crippen LogP contribution < -0.4 is 0 Å². The van der Waals surface area contributed by atoms with Gasteiger partial charge in [0.25, 0.3) is 0 Å². The quantitative estimate of drug-likeness (QED) is 0.825. The Bertz CT molecular complexity index is 497. The van der Waals surface area contributed by atoms with Gasteiger partial charge in [0.05, 0.1) is 11.7 Å². The van der Waals surface area contributed by atoms with Crippen molar-refractivity contribution in [2.45, 2.75) is 31.1 Å². The third-order valence-electron chi connectivity index (χ3n) is 4.37. The van der Waals surface area contributed by atoms with Gasteiger partial charge in [-0.05, 0) is 17.9 Å². The lowest BCUT2D eigenvalue weighted by Gasteiger charge is -2.53. The van der Waals surface area contributed by atoms with E-state index >= 15 is 0 Å². The molecule has 2 aliphatic rings. The van der Waals surface area contributed by atoms with Gasteiger partial charge in [0.15, 0.2) is 0 Å². The van der Waals surface area contributed by atoms with Gasteiger partial charge in [-0.3, -0.25) is 9.69 Å². The summed E-state index contributed by atoms with van der Waals surface area (Å²) >= 11 is 1.80. The number of thiophene rings is 1. The van der Waals surface area contributed by atoms with E-state index in [1.165, 1.54) is 4.88 Å². The summed E-state index contributed by atoms with van der Waals surface area (Å²) in [4.78, 5) is 17.0. The van der Waals surface area contributed by atoms with Crippen LogP contribution in [0.25, 0.3) is 0 Å². The van der Waals surface area contributed by atoms with Gasteiger partial charge in [0.1, 0.15) is 6.61 Å². The van der Waals surface area contributed by atoms with Crippen LogP contribution in [0, 0.1) is 0 Å². The van der Waals surface area contributed by atoms with Crippen molar-refractivity contribution in [3.8, 4) is 0 Å². The second kappa shape index (κ2) is 6.66. The SMILES string of the molecule is CN(C)C(=O)COC1CCOC2(C1)CN(Cc1cccs1)C2. The van der Waals surface area contributed by atoms with Crippen molar-refractivity contribution in [1.29, 1.82) is 0 Å². The minimum absolute atomic E-state index is 0.0217. The highest BCUT2D eigenvalue weighted by Gasteiger charge is 2.47. The number of hydrogen-bond acceptors (Lipinski definition) is 5. The topological polar surface area (TPSA) is 42.0 Å². The van der Waals surface area contributed by atoms with Gasteiger partial charge in [0.2, 0.25) is 5.91 Å². The molecular formula is C16H24N2O3S. The number of ether oxygens (including phenoxy) is 2. The first-order chi connectivity index (χ1) is 10.6. The third-order valence-corrected chi connectivity index (χ3v) is 5.23. The molecule has 3 rings (SSSR count). The number of likely N-dealkylation sites (tertiary alicyclic amines) is 1. The van der Waals surface area contributed by atoms with Gasteiger partial charge in [-0.25, -0.2) is 0 Å². The van der Waals surface area contributed by atoms with Gasteiger partial charge in [0, 0.05) is 51.6 Å². The number of likely N-dealkylation sites (N-methyl/N-ethyl adjacent to an activating group) is 1. The highest BCUT2D eigenvalue weighted by atomic mass is 32.1. The van der Waals surface area contributed by atoms with Crippen molar-refractivity contribution in [2.24, 2.45) is 0 Å². The van der Waals surface area contributed by atoms with E-state index in [9.17, 15) is 4.79 Å². The first kappa shape index (κ1) is 15.9. The molecule has 22 heavy (non-hydrogen) atoms. The van der Waals surface area contributed by atoms with Crippen LogP contribution in [0.5, 0.6) is 0 Å². The summed E-state index contributed by atoms with van der Waals surface area (Å²) in [6.45, 7) is 3.84. The van der Waals surface area contributed by atoms with Gasteiger partial charge < -0.3 is 14.4 Å². The summed E-state index contributed by atoms with van der Waals surface area (Å²) in [5, 5.41) is 2.12. The van der Waals surface area contributed by atoms with Crippen LogP contribution >= 0.6 is 11.3 Å². The molecule has 0 N–H and O–H groups in total. The summed E-state index contributed by atoms with van der Waals surface area (Å²) in [6.07, 6.45) is 1.92. The second-order valence-electron chi connectivity index (χ2n) is 6.47. The maximum absolute atomic E-state index is 11.6. The molecule has 2 saturated heterocycles. The highest BCUT2D eigenvalue weighted by Crippen LogP contribution is 2.36. The lowest BCUT2D eigenvalue weighted by atomic mass is 9.84. The number of carbonyl (C=O) groups excluding carboxylic acids is 1. The van der Waals surface area contributed by atoms with Gasteiger partial charge >= 0.3 is 0 Å². The first-order valence-electron chi connectivity index (χ1n) is 7.77. The lowest BCUT2D eigenvalue weighted by Crippen LogP contribution is -2.65. The van der Waals surface area contributed by atoms with Crippen molar-refractivity contribution in [3.63, 3.8) is 0 Å². The van der Waals surface area contributed by atoms with Gasteiger partial charge in [-0.2, -0.15) is 0 Å². The van der Waals surface area contributed by atoms with E-state index in [1.54, 1.807) is 30.3 Å². The minimum atomic E-state index is -0.0542. The predicted octanol–water partition coefficient (Wildman–Crippen LogP) is 1.59. The molecule has 1 amide bonds. The Morgan fingerprint density at radius 2 is 2.36 bits per heavy atom. The molecule has 2 fully saturated rings. The zero-order valence-electron chi connectivity index (χ0n) is 13.3. The van der Waals surface area contributed by atoms with Crippen LogP contribution in [-0.2, 0) is 20.8 Å². The number of carbonyl (C=O) groups is 1. The Morgan fingerprint density at radius 3 is 3.05 bits per heavy atom. The van der Waals surface area contributed by atoms with E-state index in [0.29, 0.717) is 0 Å². The molecule has 1 aromatic rings. The van der Waals surface area contributed by atoms with E-state index in [0.717, 1.165) is 39.1 Å². The largest absolute Gasteiger partial charge is 0.372 e. The summed E-state index contributed by atoms with van der Waals surface area (Å²) in [7, 11) is 3.51. The molecule has 1 spiro atoms. The zero-order valence-corrected chi connectivity index (χ0v) is 14.1. The molecule has 3 heterocycles. The number of nitrogens with zero attached hydrogens (tertiary/aromatic N) is 2. The van der Waals surface area contributed by atoms with E-state index in [-0.39, 0.29) is 24.2 Å². The minimum Gasteiger partial charge on any atom is -0.372 e. The molecule has 122 valence electrons. The molecule has 2 aliphatic heterocycles. The lowest BCUT2D eigenvalue weighted by molar-refractivity contribution is -0.199. The van der Waals surface area contributed by atoms with Crippen LogP contribution in [0.3, 0.4) is 0 Å². The Hall–Kier alpha value is -0.950. The van der Waals surface area contributed by atoms with E-state index < -0.39 is 0 Å². The standard InChI is InChI=1S/C16H24N2O3S/c1-17(2)15(19)10-20-13-5-6-21-16(8-13)11-18(12-16)9-14-4-3-7-22-14/h3-4,7,13H,5-6,8-12H2,1-2H3. The summed E-state index contributed by atoms with van der Waals surface area (Å²) in [6, 6.07) is 4.27. The molecule has 0 saturated carbocycles. The van der Waals surface area contributed by atoms with Crippen LogP contribution in [-0.4, -0.2) is 67.8 Å². The smallest absolute Gasteiger partial charge is 0.248 e. The fourth-order valence-corrected chi connectivity index (χ4v) is 3.91. The predicted molar refractivity (Wildman–Crippen MR) is 85.9 cm³/mol. The van der Waals surface area contributed by atoms with Crippen molar-refractivity contribution < 1.29 is 14.3 Å². The average molecular weight is 324 g/mol. The zero-order chi connectivity index (χ0) is 15.6. The molecule has 0 aromatic carbocycles. The Labute approximate surface area is 135 Å².